The third kappa shape index (κ3) is 2.21. The molecule has 1 aliphatic heterocycles. The molecule has 1 heterocycles. The van der Waals surface area contributed by atoms with Crippen LogP contribution in [0.25, 0.3) is 11.3 Å². The first-order valence-corrected chi connectivity index (χ1v) is 6.72. The number of hydrogen-bond acceptors (Lipinski definition) is 5. The number of nitrogens with two attached hydrogens (primary N) is 1. The maximum absolute atomic E-state index is 9.54. The Bertz CT molecular complexity index is 993. The van der Waals surface area contributed by atoms with Crippen molar-refractivity contribution in [3.63, 3.8) is 0 Å². The first kappa shape index (κ1) is 14.1. The maximum Gasteiger partial charge on any atom is 0.132 e. The lowest BCUT2D eigenvalue weighted by molar-refractivity contribution is 1.41. The zero-order valence-electron chi connectivity index (χ0n) is 11.9. The number of aliphatic imine (C=N–C) groups is 1. The van der Waals surface area contributed by atoms with Gasteiger partial charge in [-0.25, -0.2) is 4.99 Å². The summed E-state index contributed by atoms with van der Waals surface area (Å²) in [5.74, 6) is 0.236. The lowest BCUT2D eigenvalue weighted by atomic mass is 9.95. The highest BCUT2D eigenvalue weighted by molar-refractivity contribution is 6.15. The van der Waals surface area contributed by atoms with Crippen LogP contribution >= 0.6 is 0 Å². The highest BCUT2D eigenvalue weighted by atomic mass is 14.9. The fraction of sp³-hybridized carbons (Fsp3) is 0. The monoisotopic (exact) mass is 295 g/mol. The summed E-state index contributed by atoms with van der Waals surface area (Å²) in [5, 5.41) is 27.9. The first-order valence-electron chi connectivity index (χ1n) is 6.72. The highest BCUT2D eigenvalue weighted by Gasteiger charge is 2.24. The van der Waals surface area contributed by atoms with Gasteiger partial charge in [-0.15, -0.1) is 0 Å². The molecule has 0 bridgehead atoms. The molecular formula is C18H9N5. The number of nitriles is 3. The van der Waals surface area contributed by atoms with E-state index in [0.29, 0.717) is 22.4 Å². The summed E-state index contributed by atoms with van der Waals surface area (Å²) in [7, 11) is 0. The van der Waals surface area contributed by atoms with E-state index in [0.717, 1.165) is 5.56 Å². The Morgan fingerprint density at radius 1 is 0.913 bits per heavy atom. The van der Waals surface area contributed by atoms with E-state index in [-0.39, 0.29) is 17.0 Å². The van der Waals surface area contributed by atoms with Gasteiger partial charge in [-0.2, -0.15) is 15.8 Å². The summed E-state index contributed by atoms with van der Waals surface area (Å²) >= 11 is 0. The summed E-state index contributed by atoms with van der Waals surface area (Å²) < 4.78 is 0. The standard InChI is InChI=1S/C18H9N5/c19-8-12-6-14-15(7-13(12)9-20)18(22)23-17(14)16(10-21)11-4-2-1-3-5-11/h1-7H,(H2,22,23)/b17-16-. The quantitative estimate of drug-likeness (QED) is 0.815. The zero-order chi connectivity index (χ0) is 16.4. The van der Waals surface area contributed by atoms with Crippen LogP contribution in [0.2, 0.25) is 0 Å². The van der Waals surface area contributed by atoms with E-state index >= 15 is 0 Å². The molecule has 0 saturated carbocycles. The van der Waals surface area contributed by atoms with Crippen LogP contribution in [0.1, 0.15) is 27.8 Å². The molecule has 2 N–H and O–H groups in total. The van der Waals surface area contributed by atoms with Crippen LogP contribution in [0.4, 0.5) is 0 Å². The van der Waals surface area contributed by atoms with Crippen LogP contribution in [0.3, 0.4) is 0 Å². The molecule has 5 heteroatoms. The number of rotatable bonds is 1. The Hall–Kier alpha value is -3.88. The van der Waals surface area contributed by atoms with Crippen LogP contribution in [-0.2, 0) is 0 Å². The molecule has 106 valence electrons. The van der Waals surface area contributed by atoms with E-state index in [9.17, 15) is 10.5 Å². The maximum atomic E-state index is 9.54. The Balaban J connectivity index is 2.32. The van der Waals surface area contributed by atoms with Crippen molar-refractivity contribution in [2.24, 2.45) is 10.7 Å². The number of hydrogen-bond donors (Lipinski definition) is 1. The Labute approximate surface area is 132 Å². The third-order valence-corrected chi connectivity index (χ3v) is 3.57. The predicted octanol–water partition coefficient (Wildman–Crippen LogP) is 2.54. The van der Waals surface area contributed by atoms with Crippen molar-refractivity contribution in [1.82, 2.24) is 0 Å². The minimum Gasteiger partial charge on any atom is -0.383 e. The van der Waals surface area contributed by atoms with Gasteiger partial charge in [0.2, 0.25) is 0 Å². The third-order valence-electron chi connectivity index (χ3n) is 3.57. The average Bonchev–Trinajstić information content (AvgIpc) is 2.91. The fourth-order valence-electron chi connectivity index (χ4n) is 2.48. The Kier molecular flexibility index (Phi) is 3.36. The van der Waals surface area contributed by atoms with Crippen LogP contribution in [0.15, 0.2) is 47.5 Å². The Morgan fingerprint density at radius 2 is 1.52 bits per heavy atom. The van der Waals surface area contributed by atoms with Crippen molar-refractivity contribution in [2.75, 3.05) is 0 Å². The minimum absolute atomic E-state index is 0.235. The summed E-state index contributed by atoms with van der Waals surface area (Å²) in [6.45, 7) is 0. The molecule has 0 spiro atoms. The predicted molar refractivity (Wildman–Crippen MR) is 85.5 cm³/mol. The molecule has 2 aromatic carbocycles. The second-order valence-corrected chi connectivity index (χ2v) is 4.87. The van der Waals surface area contributed by atoms with Crippen molar-refractivity contribution in [3.8, 4) is 18.2 Å². The van der Waals surface area contributed by atoms with Gasteiger partial charge in [-0.3, -0.25) is 0 Å². The van der Waals surface area contributed by atoms with E-state index in [1.54, 1.807) is 12.1 Å². The van der Waals surface area contributed by atoms with E-state index in [1.165, 1.54) is 0 Å². The molecule has 3 rings (SSSR count). The van der Waals surface area contributed by atoms with Gasteiger partial charge in [-0.1, -0.05) is 30.3 Å². The average molecular weight is 295 g/mol. The summed E-state index contributed by atoms with van der Waals surface area (Å²) in [6.07, 6.45) is 0. The second-order valence-electron chi connectivity index (χ2n) is 4.87. The van der Waals surface area contributed by atoms with Gasteiger partial charge in [0.1, 0.15) is 24.0 Å². The van der Waals surface area contributed by atoms with Crippen LogP contribution in [0, 0.1) is 34.0 Å². The lowest BCUT2D eigenvalue weighted by Crippen LogP contribution is -2.10. The number of amidine groups is 1. The molecule has 5 nitrogen and oxygen atoms in total. The molecule has 0 amide bonds. The normalized spacial score (nSPS) is 14.0. The van der Waals surface area contributed by atoms with E-state index < -0.39 is 0 Å². The molecule has 0 radical (unpaired) electrons. The van der Waals surface area contributed by atoms with Gasteiger partial charge < -0.3 is 5.73 Å². The van der Waals surface area contributed by atoms with Crippen molar-refractivity contribution >= 4 is 17.1 Å². The molecule has 0 unspecified atom stereocenters. The number of fused-ring (bicyclic) bond motifs is 1. The molecule has 2 aromatic rings. The van der Waals surface area contributed by atoms with Gasteiger partial charge in [0.05, 0.1) is 22.4 Å². The molecule has 0 aliphatic carbocycles. The lowest BCUT2D eigenvalue weighted by Gasteiger charge is -2.05. The highest BCUT2D eigenvalue weighted by Crippen LogP contribution is 2.35. The van der Waals surface area contributed by atoms with Crippen LogP contribution < -0.4 is 5.73 Å². The molecule has 0 atom stereocenters. The van der Waals surface area contributed by atoms with Gasteiger partial charge in [0, 0.05) is 11.1 Å². The molecule has 0 fully saturated rings. The fourth-order valence-corrected chi connectivity index (χ4v) is 2.48. The number of benzene rings is 2. The zero-order valence-corrected chi connectivity index (χ0v) is 11.9. The first-order chi connectivity index (χ1) is 11.2. The van der Waals surface area contributed by atoms with E-state index in [1.807, 2.05) is 42.5 Å². The van der Waals surface area contributed by atoms with Crippen molar-refractivity contribution in [3.05, 3.63) is 70.3 Å². The van der Waals surface area contributed by atoms with Crippen LogP contribution in [0.5, 0.6) is 0 Å². The summed E-state index contributed by atoms with van der Waals surface area (Å²) in [6, 6.07) is 18.4. The Morgan fingerprint density at radius 3 is 2.09 bits per heavy atom. The van der Waals surface area contributed by atoms with Crippen molar-refractivity contribution in [2.45, 2.75) is 0 Å². The summed E-state index contributed by atoms with van der Waals surface area (Å²) in [4.78, 5) is 4.29. The topological polar surface area (TPSA) is 110 Å². The smallest absolute Gasteiger partial charge is 0.132 e. The van der Waals surface area contributed by atoms with Crippen molar-refractivity contribution < 1.29 is 0 Å². The molecule has 0 aromatic heterocycles. The molecule has 0 saturated heterocycles. The number of nitrogens with zero attached hydrogens (tertiary/aromatic N) is 4. The number of allylic oxidation sites excluding steroid dienone is 1. The second kappa shape index (κ2) is 5.48. The largest absolute Gasteiger partial charge is 0.383 e. The van der Waals surface area contributed by atoms with Gasteiger partial charge >= 0.3 is 0 Å². The minimum atomic E-state index is 0.235. The van der Waals surface area contributed by atoms with E-state index in [4.69, 9.17) is 11.0 Å². The molecule has 23 heavy (non-hydrogen) atoms. The molecule has 1 aliphatic rings. The summed E-state index contributed by atoms with van der Waals surface area (Å²) in [5.41, 5.74) is 9.09. The van der Waals surface area contributed by atoms with Gasteiger partial charge in [0.15, 0.2) is 0 Å². The van der Waals surface area contributed by atoms with Crippen LogP contribution in [-0.4, -0.2) is 5.84 Å². The van der Waals surface area contributed by atoms with E-state index in [2.05, 4.69) is 11.1 Å². The van der Waals surface area contributed by atoms with Gasteiger partial charge in [-0.05, 0) is 17.7 Å². The van der Waals surface area contributed by atoms with Gasteiger partial charge in [0.25, 0.3) is 0 Å². The SMILES string of the molecule is N#C/C(=C1/N=C(N)c2cc(C#N)c(C#N)cc21)c1ccccc1. The molecular weight excluding hydrogens is 286 g/mol. The van der Waals surface area contributed by atoms with Crippen molar-refractivity contribution in [1.29, 1.82) is 15.8 Å².